The van der Waals surface area contributed by atoms with Gasteiger partial charge in [-0.1, -0.05) is 6.07 Å². The number of anilines is 2. The Labute approximate surface area is 145 Å². The first-order valence-electron chi connectivity index (χ1n) is 6.43. The number of halogens is 4. The average molecular weight is 405 g/mol. The minimum absolute atomic E-state index is 0.289. The normalized spacial score (nSPS) is 11.0. The SMILES string of the molecule is Cc1ccc(NC(=S)Nc2ccc(OC(F)(F)F)cc2)c(Br)c1. The second-order valence-electron chi connectivity index (χ2n) is 4.63. The van der Waals surface area contributed by atoms with Gasteiger partial charge in [0.2, 0.25) is 0 Å². The quantitative estimate of drug-likeness (QED) is 0.664. The van der Waals surface area contributed by atoms with Gasteiger partial charge in [-0.2, -0.15) is 0 Å². The van der Waals surface area contributed by atoms with Crippen LogP contribution >= 0.6 is 28.1 Å². The van der Waals surface area contributed by atoms with Crippen LogP contribution in [0.1, 0.15) is 5.56 Å². The average Bonchev–Trinajstić information content (AvgIpc) is 2.42. The van der Waals surface area contributed by atoms with Crippen molar-refractivity contribution in [2.24, 2.45) is 0 Å². The molecule has 2 aromatic rings. The Hall–Kier alpha value is -1.80. The lowest BCUT2D eigenvalue weighted by Gasteiger charge is -2.13. The highest BCUT2D eigenvalue weighted by Gasteiger charge is 2.30. The Balaban J connectivity index is 1.97. The predicted molar refractivity (Wildman–Crippen MR) is 91.8 cm³/mol. The number of nitrogens with one attached hydrogen (secondary N) is 2. The second-order valence-corrected chi connectivity index (χ2v) is 5.90. The summed E-state index contributed by atoms with van der Waals surface area (Å²) in [5.74, 6) is -0.289. The van der Waals surface area contributed by atoms with E-state index in [0.717, 1.165) is 15.7 Å². The maximum atomic E-state index is 12.1. The van der Waals surface area contributed by atoms with Crippen LogP contribution in [0.4, 0.5) is 24.5 Å². The van der Waals surface area contributed by atoms with Gasteiger partial charge in [-0.05, 0) is 77.0 Å². The lowest BCUT2D eigenvalue weighted by atomic mass is 10.2. The molecule has 0 amide bonds. The van der Waals surface area contributed by atoms with Crippen molar-refractivity contribution in [2.45, 2.75) is 13.3 Å². The predicted octanol–water partition coefficient (Wildman–Crippen LogP) is 5.47. The molecule has 0 fully saturated rings. The molecule has 23 heavy (non-hydrogen) atoms. The van der Waals surface area contributed by atoms with Crippen LogP contribution in [-0.2, 0) is 0 Å². The van der Waals surface area contributed by atoms with E-state index in [0.29, 0.717) is 10.8 Å². The van der Waals surface area contributed by atoms with Crippen LogP contribution in [0.5, 0.6) is 5.75 Å². The largest absolute Gasteiger partial charge is 0.573 e. The van der Waals surface area contributed by atoms with Gasteiger partial charge in [-0.15, -0.1) is 13.2 Å². The number of hydrogen-bond acceptors (Lipinski definition) is 2. The summed E-state index contributed by atoms with van der Waals surface area (Å²) in [6.45, 7) is 1.97. The Kier molecular flexibility index (Phi) is 5.48. The van der Waals surface area contributed by atoms with Gasteiger partial charge < -0.3 is 15.4 Å². The van der Waals surface area contributed by atoms with Gasteiger partial charge in [0.1, 0.15) is 5.75 Å². The molecule has 0 heterocycles. The van der Waals surface area contributed by atoms with E-state index in [2.05, 4.69) is 31.3 Å². The first-order chi connectivity index (χ1) is 10.7. The molecule has 0 saturated heterocycles. The molecule has 0 aliphatic carbocycles. The molecule has 0 aliphatic rings. The Morgan fingerprint density at radius 3 is 2.30 bits per heavy atom. The minimum atomic E-state index is -4.70. The van der Waals surface area contributed by atoms with E-state index in [4.69, 9.17) is 12.2 Å². The van der Waals surface area contributed by atoms with Gasteiger partial charge in [0.05, 0.1) is 5.69 Å². The number of thiocarbonyl (C=S) groups is 1. The topological polar surface area (TPSA) is 33.3 Å². The fraction of sp³-hybridized carbons (Fsp3) is 0.133. The number of ether oxygens (including phenoxy) is 1. The van der Waals surface area contributed by atoms with E-state index >= 15 is 0 Å². The third-order valence-corrected chi connectivity index (χ3v) is 3.58. The molecule has 0 saturated carbocycles. The standard InChI is InChI=1S/C15H12BrF3N2OS/c1-9-2-7-13(12(16)8-9)21-14(23)20-10-3-5-11(6-4-10)22-15(17,18)19/h2-8H,1H3,(H2,20,21,23). The second kappa shape index (κ2) is 7.18. The van der Waals surface area contributed by atoms with Crippen LogP contribution in [0.2, 0.25) is 0 Å². The van der Waals surface area contributed by atoms with Crippen LogP contribution in [-0.4, -0.2) is 11.5 Å². The van der Waals surface area contributed by atoms with Crippen molar-refractivity contribution in [3.63, 3.8) is 0 Å². The first kappa shape index (κ1) is 17.6. The zero-order valence-electron chi connectivity index (χ0n) is 11.9. The fourth-order valence-corrected chi connectivity index (χ4v) is 2.57. The van der Waals surface area contributed by atoms with Crippen molar-refractivity contribution in [3.8, 4) is 5.75 Å². The summed E-state index contributed by atoms with van der Waals surface area (Å²) in [7, 11) is 0. The van der Waals surface area contributed by atoms with Gasteiger partial charge in [0.15, 0.2) is 5.11 Å². The first-order valence-corrected chi connectivity index (χ1v) is 7.63. The van der Waals surface area contributed by atoms with Gasteiger partial charge in [-0.25, -0.2) is 0 Å². The van der Waals surface area contributed by atoms with Gasteiger partial charge >= 0.3 is 6.36 Å². The molecule has 3 nitrogen and oxygen atoms in total. The molecular weight excluding hydrogens is 393 g/mol. The maximum absolute atomic E-state index is 12.1. The molecule has 0 atom stereocenters. The van der Waals surface area contributed by atoms with E-state index in [1.807, 2.05) is 25.1 Å². The monoisotopic (exact) mass is 404 g/mol. The van der Waals surface area contributed by atoms with Crippen molar-refractivity contribution >= 4 is 44.6 Å². The van der Waals surface area contributed by atoms with Crippen molar-refractivity contribution in [3.05, 3.63) is 52.5 Å². The number of aryl methyl sites for hydroxylation is 1. The number of rotatable bonds is 3. The van der Waals surface area contributed by atoms with Gasteiger partial charge in [0, 0.05) is 10.2 Å². The highest BCUT2D eigenvalue weighted by atomic mass is 79.9. The highest BCUT2D eigenvalue weighted by molar-refractivity contribution is 9.10. The number of hydrogen-bond donors (Lipinski definition) is 2. The summed E-state index contributed by atoms with van der Waals surface area (Å²) in [6, 6.07) is 11.0. The molecule has 0 radical (unpaired) electrons. The molecule has 0 bridgehead atoms. The lowest BCUT2D eigenvalue weighted by molar-refractivity contribution is -0.274. The summed E-state index contributed by atoms with van der Waals surface area (Å²) in [5, 5.41) is 6.20. The summed E-state index contributed by atoms with van der Waals surface area (Å²) in [5.41, 5.74) is 2.42. The van der Waals surface area contributed by atoms with Crippen molar-refractivity contribution < 1.29 is 17.9 Å². The Bertz CT molecular complexity index is 705. The molecule has 122 valence electrons. The molecule has 8 heteroatoms. The molecule has 2 rings (SSSR count). The smallest absolute Gasteiger partial charge is 0.406 e. The van der Waals surface area contributed by atoms with Crippen LogP contribution in [0, 0.1) is 6.92 Å². The number of benzene rings is 2. The van der Waals surface area contributed by atoms with Crippen molar-refractivity contribution in [1.82, 2.24) is 0 Å². The molecule has 0 spiro atoms. The third kappa shape index (κ3) is 5.72. The Morgan fingerprint density at radius 1 is 1.09 bits per heavy atom. The van der Waals surface area contributed by atoms with Crippen LogP contribution in [0.15, 0.2) is 46.9 Å². The van der Waals surface area contributed by atoms with Crippen molar-refractivity contribution in [1.29, 1.82) is 0 Å². The molecule has 0 aliphatic heterocycles. The summed E-state index contributed by atoms with van der Waals surface area (Å²) in [6.07, 6.45) is -4.70. The van der Waals surface area contributed by atoms with E-state index in [1.165, 1.54) is 24.3 Å². The zero-order chi connectivity index (χ0) is 17.0. The van der Waals surface area contributed by atoms with Gasteiger partial charge in [0.25, 0.3) is 0 Å². The van der Waals surface area contributed by atoms with Crippen LogP contribution in [0.3, 0.4) is 0 Å². The van der Waals surface area contributed by atoms with Crippen LogP contribution in [0.25, 0.3) is 0 Å². The molecule has 0 unspecified atom stereocenters. The zero-order valence-corrected chi connectivity index (χ0v) is 14.3. The van der Waals surface area contributed by atoms with E-state index in [1.54, 1.807) is 0 Å². The lowest BCUT2D eigenvalue weighted by Crippen LogP contribution is -2.19. The van der Waals surface area contributed by atoms with E-state index < -0.39 is 6.36 Å². The summed E-state index contributed by atoms with van der Waals surface area (Å²) < 4.78 is 40.9. The Morgan fingerprint density at radius 2 is 1.74 bits per heavy atom. The summed E-state index contributed by atoms with van der Waals surface area (Å²) in [4.78, 5) is 0. The molecule has 2 N–H and O–H groups in total. The number of alkyl halides is 3. The molecule has 0 aromatic heterocycles. The summed E-state index contributed by atoms with van der Waals surface area (Å²) >= 11 is 8.60. The van der Waals surface area contributed by atoms with Gasteiger partial charge in [-0.3, -0.25) is 0 Å². The van der Waals surface area contributed by atoms with Crippen molar-refractivity contribution in [2.75, 3.05) is 10.6 Å². The third-order valence-electron chi connectivity index (χ3n) is 2.72. The fourth-order valence-electron chi connectivity index (χ4n) is 1.75. The van der Waals surface area contributed by atoms with E-state index in [-0.39, 0.29) is 5.75 Å². The van der Waals surface area contributed by atoms with E-state index in [9.17, 15) is 13.2 Å². The molecule has 2 aromatic carbocycles. The maximum Gasteiger partial charge on any atom is 0.573 e. The van der Waals surface area contributed by atoms with Crippen LogP contribution < -0.4 is 15.4 Å². The molecular formula is C15H12BrF3N2OS. The minimum Gasteiger partial charge on any atom is -0.406 e. The highest BCUT2D eigenvalue weighted by Crippen LogP contribution is 2.25.